The molecule has 3 nitrogen and oxygen atoms in total. The Morgan fingerprint density at radius 3 is 2.50 bits per heavy atom. The van der Waals surface area contributed by atoms with Gasteiger partial charge in [-0.1, -0.05) is 19.8 Å². The predicted molar refractivity (Wildman–Crippen MR) is 84.9 cm³/mol. The number of likely N-dealkylation sites (tertiary alicyclic amines) is 1. The van der Waals surface area contributed by atoms with Gasteiger partial charge in [-0.3, -0.25) is 4.90 Å². The smallest absolute Gasteiger partial charge is 0.0777 e. The molecule has 1 aliphatic carbocycles. The van der Waals surface area contributed by atoms with Crippen molar-refractivity contribution in [1.29, 1.82) is 0 Å². The molecule has 2 fully saturated rings. The minimum absolute atomic E-state index is 0.0285. The standard InChI is InChI=1S/C17H34N2O/c1-4-6-15-7-10-17(13-18,11-8-15)19-12-5-9-16(2,14-19)20-3/h15H,4-14,18H2,1-3H3. The number of nitrogens with two attached hydrogens (primary N) is 1. The highest BCUT2D eigenvalue weighted by Crippen LogP contribution is 2.40. The number of nitrogens with zero attached hydrogens (tertiary/aromatic N) is 1. The largest absolute Gasteiger partial charge is 0.377 e. The first-order chi connectivity index (χ1) is 9.57. The summed E-state index contributed by atoms with van der Waals surface area (Å²) in [6, 6.07) is 0. The van der Waals surface area contributed by atoms with Crippen LogP contribution in [0.1, 0.15) is 65.2 Å². The van der Waals surface area contributed by atoms with Gasteiger partial charge in [0.2, 0.25) is 0 Å². The van der Waals surface area contributed by atoms with Crippen LogP contribution in [0.4, 0.5) is 0 Å². The van der Waals surface area contributed by atoms with E-state index in [1.807, 2.05) is 7.11 Å². The van der Waals surface area contributed by atoms with Gasteiger partial charge in [-0.2, -0.15) is 0 Å². The average Bonchev–Trinajstić information content (AvgIpc) is 2.49. The maximum Gasteiger partial charge on any atom is 0.0777 e. The summed E-state index contributed by atoms with van der Waals surface area (Å²) in [7, 11) is 1.86. The highest BCUT2D eigenvalue weighted by Gasteiger charge is 2.43. The quantitative estimate of drug-likeness (QED) is 0.841. The summed E-state index contributed by atoms with van der Waals surface area (Å²) in [5.41, 5.74) is 6.52. The third-order valence-corrected chi connectivity index (χ3v) is 5.94. The van der Waals surface area contributed by atoms with Gasteiger partial charge in [0.1, 0.15) is 0 Å². The maximum absolute atomic E-state index is 6.24. The van der Waals surface area contributed by atoms with E-state index in [9.17, 15) is 0 Å². The van der Waals surface area contributed by atoms with Crippen molar-refractivity contribution in [3.05, 3.63) is 0 Å². The molecule has 1 unspecified atom stereocenters. The van der Waals surface area contributed by atoms with E-state index < -0.39 is 0 Å². The van der Waals surface area contributed by atoms with Gasteiger partial charge in [0.25, 0.3) is 0 Å². The number of hydrogen-bond donors (Lipinski definition) is 1. The van der Waals surface area contributed by atoms with Gasteiger partial charge in [-0.05, 0) is 57.9 Å². The molecule has 20 heavy (non-hydrogen) atoms. The average molecular weight is 282 g/mol. The molecule has 3 heteroatoms. The fraction of sp³-hybridized carbons (Fsp3) is 1.00. The molecule has 0 spiro atoms. The third-order valence-electron chi connectivity index (χ3n) is 5.94. The van der Waals surface area contributed by atoms with Crippen LogP contribution in [0.2, 0.25) is 0 Å². The summed E-state index contributed by atoms with van der Waals surface area (Å²) < 4.78 is 5.77. The van der Waals surface area contributed by atoms with Crippen molar-refractivity contribution in [2.45, 2.75) is 76.4 Å². The van der Waals surface area contributed by atoms with E-state index in [1.165, 1.54) is 57.9 Å². The zero-order chi connectivity index (χ0) is 14.6. The highest BCUT2D eigenvalue weighted by atomic mass is 16.5. The molecule has 1 saturated heterocycles. The van der Waals surface area contributed by atoms with Crippen molar-refractivity contribution in [2.24, 2.45) is 11.7 Å². The van der Waals surface area contributed by atoms with Crippen molar-refractivity contribution in [3.63, 3.8) is 0 Å². The van der Waals surface area contributed by atoms with Gasteiger partial charge >= 0.3 is 0 Å². The summed E-state index contributed by atoms with van der Waals surface area (Å²) in [6.07, 6.45) is 10.4. The molecule has 1 heterocycles. The number of rotatable bonds is 5. The molecule has 1 atom stereocenters. The Kier molecular flexibility index (Phi) is 5.49. The second kappa shape index (κ2) is 6.76. The monoisotopic (exact) mass is 282 g/mol. The predicted octanol–water partition coefficient (Wildman–Crippen LogP) is 3.18. The zero-order valence-corrected chi connectivity index (χ0v) is 13.8. The van der Waals surface area contributed by atoms with Crippen LogP contribution in [-0.4, -0.2) is 42.8 Å². The van der Waals surface area contributed by atoms with Gasteiger partial charge in [0.15, 0.2) is 0 Å². The topological polar surface area (TPSA) is 38.5 Å². The number of hydrogen-bond acceptors (Lipinski definition) is 3. The Morgan fingerprint density at radius 2 is 1.95 bits per heavy atom. The summed E-state index contributed by atoms with van der Waals surface area (Å²) in [4.78, 5) is 2.67. The molecule has 2 aliphatic rings. The molecular formula is C17H34N2O. The van der Waals surface area contributed by atoms with Crippen molar-refractivity contribution in [2.75, 3.05) is 26.7 Å². The van der Waals surface area contributed by atoms with Gasteiger partial charge in [-0.25, -0.2) is 0 Å². The lowest BCUT2D eigenvalue weighted by Gasteiger charge is -2.52. The molecule has 118 valence electrons. The number of ether oxygens (including phenoxy) is 1. The van der Waals surface area contributed by atoms with Crippen LogP contribution in [-0.2, 0) is 4.74 Å². The fourth-order valence-electron chi connectivity index (χ4n) is 4.34. The lowest BCUT2D eigenvalue weighted by molar-refractivity contribution is -0.0896. The Balaban J connectivity index is 2.01. The molecule has 2 N–H and O–H groups in total. The summed E-state index contributed by atoms with van der Waals surface area (Å²) in [5.74, 6) is 0.943. The van der Waals surface area contributed by atoms with Gasteiger partial charge < -0.3 is 10.5 Å². The summed E-state index contributed by atoms with van der Waals surface area (Å²) in [5, 5.41) is 0. The molecule has 2 rings (SSSR count). The van der Waals surface area contributed by atoms with E-state index in [2.05, 4.69) is 18.7 Å². The fourth-order valence-corrected chi connectivity index (χ4v) is 4.34. The Labute approximate surface area is 125 Å². The third kappa shape index (κ3) is 3.37. The SMILES string of the molecule is CCCC1CCC(CN)(N2CCCC(C)(OC)C2)CC1. The Bertz CT molecular complexity index is 299. The lowest BCUT2D eigenvalue weighted by Crippen LogP contribution is -2.61. The van der Waals surface area contributed by atoms with Crippen LogP contribution in [0.15, 0.2) is 0 Å². The second-order valence-corrected chi connectivity index (χ2v) is 7.34. The van der Waals surface area contributed by atoms with E-state index in [-0.39, 0.29) is 11.1 Å². The van der Waals surface area contributed by atoms with Gasteiger partial charge in [-0.15, -0.1) is 0 Å². The van der Waals surface area contributed by atoms with Crippen molar-refractivity contribution in [3.8, 4) is 0 Å². The summed E-state index contributed by atoms with van der Waals surface area (Å²) >= 11 is 0. The first-order valence-electron chi connectivity index (χ1n) is 8.58. The van der Waals surface area contributed by atoms with Crippen molar-refractivity contribution in [1.82, 2.24) is 4.90 Å². The Hall–Kier alpha value is -0.120. The number of methoxy groups -OCH3 is 1. The van der Waals surface area contributed by atoms with Gasteiger partial charge in [0.05, 0.1) is 5.60 Å². The molecule has 0 radical (unpaired) electrons. The molecule has 0 aromatic carbocycles. The zero-order valence-electron chi connectivity index (χ0n) is 13.8. The van der Waals surface area contributed by atoms with Crippen LogP contribution in [0.5, 0.6) is 0 Å². The molecule has 0 aromatic rings. The van der Waals surface area contributed by atoms with E-state index in [1.54, 1.807) is 0 Å². The van der Waals surface area contributed by atoms with E-state index in [4.69, 9.17) is 10.5 Å². The van der Waals surface area contributed by atoms with E-state index >= 15 is 0 Å². The first-order valence-corrected chi connectivity index (χ1v) is 8.58. The molecule has 0 aromatic heterocycles. The first kappa shape index (κ1) is 16.3. The van der Waals surface area contributed by atoms with Crippen LogP contribution < -0.4 is 5.73 Å². The van der Waals surface area contributed by atoms with Crippen LogP contribution in [0, 0.1) is 5.92 Å². The van der Waals surface area contributed by atoms with Crippen LogP contribution in [0.25, 0.3) is 0 Å². The van der Waals surface area contributed by atoms with Crippen LogP contribution >= 0.6 is 0 Å². The number of piperidine rings is 1. The highest BCUT2D eigenvalue weighted by molar-refractivity contribution is 5.00. The van der Waals surface area contributed by atoms with Crippen molar-refractivity contribution < 1.29 is 4.74 Å². The van der Waals surface area contributed by atoms with Crippen molar-refractivity contribution >= 4 is 0 Å². The van der Waals surface area contributed by atoms with E-state index in [0.29, 0.717) is 0 Å². The van der Waals surface area contributed by atoms with Crippen LogP contribution in [0.3, 0.4) is 0 Å². The molecule has 1 saturated carbocycles. The van der Waals surface area contributed by atoms with Gasteiger partial charge in [0, 0.05) is 25.7 Å². The molecule has 0 bridgehead atoms. The molecule has 0 amide bonds. The van der Waals surface area contributed by atoms with E-state index in [0.717, 1.165) is 19.0 Å². The normalized spacial score (nSPS) is 39.9. The minimum Gasteiger partial charge on any atom is -0.377 e. The molecule has 1 aliphatic heterocycles. The summed E-state index contributed by atoms with van der Waals surface area (Å²) in [6.45, 7) is 7.63. The second-order valence-electron chi connectivity index (χ2n) is 7.34. The maximum atomic E-state index is 6.24. The lowest BCUT2D eigenvalue weighted by atomic mass is 9.73. The molecular weight excluding hydrogens is 248 g/mol. The minimum atomic E-state index is 0.0285. The Morgan fingerprint density at radius 1 is 1.25 bits per heavy atom.